The molecule has 0 aliphatic rings. The molecule has 1 aromatic heterocycles. The van der Waals surface area contributed by atoms with Crippen LogP contribution in [0.3, 0.4) is 0 Å². The first-order valence-corrected chi connectivity index (χ1v) is 7.74. The summed E-state index contributed by atoms with van der Waals surface area (Å²) in [7, 11) is 1.61. The highest BCUT2D eigenvalue weighted by molar-refractivity contribution is 5.78. The Morgan fingerprint density at radius 3 is 2.79 bits per heavy atom. The predicted molar refractivity (Wildman–Crippen MR) is 93.9 cm³/mol. The molecule has 0 amide bonds. The van der Waals surface area contributed by atoms with E-state index in [0.29, 0.717) is 41.5 Å². The van der Waals surface area contributed by atoms with Crippen molar-refractivity contribution in [3.63, 3.8) is 0 Å². The molecule has 3 rings (SSSR count). The van der Waals surface area contributed by atoms with Crippen LogP contribution < -0.4 is 20.3 Å². The van der Waals surface area contributed by atoms with Gasteiger partial charge in [0.2, 0.25) is 5.95 Å². The summed E-state index contributed by atoms with van der Waals surface area (Å²) in [5.41, 5.74) is 1.50. The number of hydrogen-bond acceptors (Lipinski definition) is 5. The average molecular weight is 325 g/mol. The van der Waals surface area contributed by atoms with E-state index in [2.05, 4.69) is 15.3 Å². The van der Waals surface area contributed by atoms with Crippen molar-refractivity contribution >= 4 is 16.9 Å². The van der Waals surface area contributed by atoms with Gasteiger partial charge in [-0.25, -0.2) is 4.98 Å². The van der Waals surface area contributed by atoms with E-state index in [4.69, 9.17) is 9.47 Å². The minimum atomic E-state index is -0.159. The molecule has 0 radical (unpaired) electrons. The van der Waals surface area contributed by atoms with Crippen LogP contribution in [0.5, 0.6) is 11.5 Å². The first-order chi connectivity index (χ1) is 11.7. The summed E-state index contributed by atoms with van der Waals surface area (Å²) in [6.45, 7) is 2.99. The number of methoxy groups -OCH3 is 1. The first kappa shape index (κ1) is 15.9. The molecule has 124 valence electrons. The third kappa shape index (κ3) is 3.32. The predicted octanol–water partition coefficient (Wildman–Crippen LogP) is 2.94. The van der Waals surface area contributed by atoms with Crippen LogP contribution in [-0.2, 0) is 6.54 Å². The van der Waals surface area contributed by atoms with Crippen LogP contribution in [0.1, 0.15) is 12.5 Å². The molecule has 6 nitrogen and oxygen atoms in total. The lowest BCUT2D eigenvalue weighted by molar-refractivity contribution is 0.310. The maximum absolute atomic E-state index is 12.1. The zero-order valence-electron chi connectivity index (χ0n) is 13.6. The van der Waals surface area contributed by atoms with Crippen molar-refractivity contribution in [2.24, 2.45) is 0 Å². The number of aromatic amines is 1. The number of para-hydroxylation sites is 1. The van der Waals surface area contributed by atoms with Crippen LogP contribution in [0.15, 0.2) is 47.3 Å². The summed E-state index contributed by atoms with van der Waals surface area (Å²) in [6, 6.07) is 13.0. The van der Waals surface area contributed by atoms with Crippen LogP contribution in [0.25, 0.3) is 10.9 Å². The second kappa shape index (κ2) is 7.04. The fourth-order valence-electron chi connectivity index (χ4n) is 2.46. The number of hydrogen-bond donors (Lipinski definition) is 2. The molecule has 2 N–H and O–H groups in total. The summed E-state index contributed by atoms with van der Waals surface area (Å²) >= 11 is 0. The zero-order valence-corrected chi connectivity index (χ0v) is 13.6. The molecule has 0 spiro atoms. The van der Waals surface area contributed by atoms with Crippen molar-refractivity contribution in [3.8, 4) is 11.5 Å². The van der Waals surface area contributed by atoms with Crippen molar-refractivity contribution in [2.45, 2.75) is 13.5 Å². The minimum Gasteiger partial charge on any atom is -0.493 e. The van der Waals surface area contributed by atoms with Gasteiger partial charge in [0, 0.05) is 6.54 Å². The van der Waals surface area contributed by atoms with E-state index in [1.807, 2.05) is 43.3 Å². The van der Waals surface area contributed by atoms with Crippen molar-refractivity contribution in [1.29, 1.82) is 0 Å². The number of benzene rings is 2. The lowest BCUT2D eigenvalue weighted by Gasteiger charge is -2.12. The highest BCUT2D eigenvalue weighted by Gasteiger charge is 2.07. The Morgan fingerprint density at radius 2 is 2.00 bits per heavy atom. The fourth-order valence-corrected chi connectivity index (χ4v) is 2.46. The molecule has 6 heteroatoms. The van der Waals surface area contributed by atoms with Gasteiger partial charge in [0.15, 0.2) is 11.5 Å². The Labute approximate surface area is 139 Å². The summed E-state index contributed by atoms with van der Waals surface area (Å²) in [6.07, 6.45) is 0. The molecule has 0 aliphatic carbocycles. The Bertz CT molecular complexity index is 905. The summed E-state index contributed by atoms with van der Waals surface area (Å²) in [4.78, 5) is 19.2. The van der Waals surface area contributed by atoms with Gasteiger partial charge in [0.25, 0.3) is 5.56 Å². The van der Waals surface area contributed by atoms with Gasteiger partial charge in [0.05, 0.1) is 24.6 Å². The molecule has 2 aromatic carbocycles. The second-order valence-corrected chi connectivity index (χ2v) is 5.20. The largest absolute Gasteiger partial charge is 0.493 e. The average Bonchev–Trinajstić information content (AvgIpc) is 2.60. The van der Waals surface area contributed by atoms with Crippen LogP contribution in [0.2, 0.25) is 0 Å². The number of nitrogens with one attached hydrogen (secondary N) is 2. The van der Waals surface area contributed by atoms with Crippen molar-refractivity contribution < 1.29 is 9.47 Å². The fraction of sp³-hybridized carbons (Fsp3) is 0.222. The molecular weight excluding hydrogens is 306 g/mol. The summed E-state index contributed by atoms with van der Waals surface area (Å²) in [5.74, 6) is 1.82. The van der Waals surface area contributed by atoms with E-state index in [1.165, 1.54) is 0 Å². The van der Waals surface area contributed by atoms with E-state index in [0.717, 1.165) is 5.56 Å². The number of H-pyrrole nitrogens is 1. The van der Waals surface area contributed by atoms with Gasteiger partial charge in [-0.05, 0) is 36.8 Å². The Morgan fingerprint density at radius 1 is 1.17 bits per heavy atom. The normalized spacial score (nSPS) is 10.6. The van der Waals surface area contributed by atoms with E-state index >= 15 is 0 Å². The topological polar surface area (TPSA) is 76.2 Å². The second-order valence-electron chi connectivity index (χ2n) is 5.20. The molecule has 3 aromatic rings. The van der Waals surface area contributed by atoms with Gasteiger partial charge in [-0.1, -0.05) is 18.2 Å². The SMILES string of the molecule is CCOc1cc(CNc2nc3ccccc3c(=O)[nH]2)ccc1OC. The standard InChI is InChI=1S/C18H19N3O3/c1-3-24-16-10-12(8-9-15(16)23-2)11-19-18-20-14-7-5-4-6-13(14)17(22)21-18/h4-10H,3,11H2,1-2H3,(H2,19,20,21,22). The summed E-state index contributed by atoms with van der Waals surface area (Å²) < 4.78 is 10.8. The maximum atomic E-state index is 12.1. The van der Waals surface area contributed by atoms with Gasteiger partial charge >= 0.3 is 0 Å². The highest BCUT2D eigenvalue weighted by atomic mass is 16.5. The van der Waals surface area contributed by atoms with Crippen molar-refractivity contribution in [3.05, 3.63) is 58.4 Å². The molecular formula is C18H19N3O3. The van der Waals surface area contributed by atoms with Gasteiger partial charge in [-0.3, -0.25) is 9.78 Å². The monoisotopic (exact) mass is 325 g/mol. The molecule has 0 fully saturated rings. The summed E-state index contributed by atoms with van der Waals surface area (Å²) in [5, 5.41) is 3.71. The molecule has 0 unspecified atom stereocenters. The number of aromatic nitrogens is 2. The third-order valence-electron chi connectivity index (χ3n) is 3.60. The number of nitrogens with zero attached hydrogens (tertiary/aromatic N) is 1. The molecule has 0 bridgehead atoms. The zero-order chi connectivity index (χ0) is 16.9. The number of fused-ring (bicyclic) bond motifs is 1. The smallest absolute Gasteiger partial charge is 0.260 e. The maximum Gasteiger partial charge on any atom is 0.260 e. The number of ether oxygens (including phenoxy) is 2. The molecule has 0 saturated carbocycles. The van der Waals surface area contributed by atoms with Crippen LogP contribution in [-0.4, -0.2) is 23.7 Å². The molecule has 24 heavy (non-hydrogen) atoms. The third-order valence-corrected chi connectivity index (χ3v) is 3.60. The van der Waals surface area contributed by atoms with E-state index in [9.17, 15) is 4.79 Å². The van der Waals surface area contributed by atoms with Crippen LogP contribution in [0, 0.1) is 0 Å². The Balaban J connectivity index is 1.80. The minimum absolute atomic E-state index is 0.159. The highest BCUT2D eigenvalue weighted by Crippen LogP contribution is 2.28. The van der Waals surface area contributed by atoms with Gasteiger partial charge < -0.3 is 14.8 Å². The number of rotatable bonds is 6. The van der Waals surface area contributed by atoms with E-state index < -0.39 is 0 Å². The molecule has 1 heterocycles. The van der Waals surface area contributed by atoms with Crippen molar-refractivity contribution in [2.75, 3.05) is 19.0 Å². The molecule has 0 atom stereocenters. The van der Waals surface area contributed by atoms with Gasteiger partial charge in [-0.2, -0.15) is 0 Å². The lowest BCUT2D eigenvalue weighted by Crippen LogP contribution is -2.13. The first-order valence-electron chi connectivity index (χ1n) is 7.74. The van der Waals surface area contributed by atoms with Gasteiger partial charge in [0.1, 0.15) is 0 Å². The Hall–Kier alpha value is -3.02. The molecule has 0 saturated heterocycles. The van der Waals surface area contributed by atoms with Gasteiger partial charge in [-0.15, -0.1) is 0 Å². The van der Waals surface area contributed by atoms with E-state index in [1.54, 1.807) is 13.2 Å². The van der Waals surface area contributed by atoms with Crippen LogP contribution >= 0.6 is 0 Å². The van der Waals surface area contributed by atoms with Crippen molar-refractivity contribution in [1.82, 2.24) is 9.97 Å². The van der Waals surface area contributed by atoms with Crippen LogP contribution in [0.4, 0.5) is 5.95 Å². The van der Waals surface area contributed by atoms with E-state index in [-0.39, 0.29) is 5.56 Å². The lowest BCUT2D eigenvalue weighted by atomic mass is 10.2. The molecule has 0 aliphatic heterocycles. The Kier molecular flexibility index (Phi) is 4.65. The quantitative estimate of drug-likeness (QED) is 0.729. The number of anilines is 1.